The lowest BCUT2D eigenvalue weighted by Crippen LogP contribution is -2.06. The molecule has 1 N–H and O–H groups in total. The van der Waals surface area contributed by atoms with E-state index in [1.807, 2.05) is 0 Å². The molecule has 0 fully saturated rings. The van der Waals surface area contributed by atoms with Crippen LogP contribution in [0.25, 0.3) is 0 Å². The fourth-order valence-electron chi connectivity index (χ4n) is 1.68. The van der Waals surface area contributed by atoms with Crippen LogP contribution in [0.1, 0.15) is 22.8 Å². The Hall–Kier alpha value is -1.75. The summed E-state index contributed by atoms with van der Waals surface area (Å²) in [7, 11) is 0. The molecule has 0 radical (unpaired) electrons. The molecule has 0 saturated heterocycles. The third-order valence-corrected chi connectivity index (χ3v) is 2.61. The van der Waals surface area contributed by atoms with Crippen LogP contribution in [0.3, 0.4) is 0 Å². The molecule has 1 aromatic carbocycles. The van der Waals surface area contributed by atoms with Crippen LogP contribution >= 0.6 is 0 Å². The first-order valence-corrected chi connectivity index (χ1v) is 5.33. The van der Waals surface area contributed by atoms with E-state index in [0.717, 1.165) is 12.1 Å². The van der Waals surface area contributed by atoms with Crippen molar-refractivity contribution in [2.75, 3.05) is 0 Å². The summed E-state index contributed by atoms with van der Waals surface area (Å²) in [5.74, 6) is 0. The third-order valence-electron chi connectivity index (χ3n) is 2.61. The molecule has 0 saturated carbocycles. The quantitative estimate of drug-likeness (QED) is 0.910. The summed E-state index contributed by atoms with van der Waals surface area (Å²) in [6.45, 7) is 0. The highest BCUT2D eigenvalue weighted by Crippen LogP contribution is 2.30. The van der Waals surface area contributed by atoms with Gasteiger partial charge in [0.05, 0.1) is 24.2 Å². The molecule has 0 amide bonds. The first-order chi connectivity index (χ1) is 8.47. The molecule has 1 heterocycles. The highest BCUT2D eigenvalue weighted by atomic mass is 19.4. The summed E-state index contributed by atoms with van der Waals surface area (Å²) < 4.78 is 42.3. The Bertz CT molecular complexity index is 503. The van der Waals surface area contributed by atoms with Crippen molar-refractivity contribution in [3.63, 3.8) is 0 Å². The molecule has 0 aliphatic carbocycles. The summed E-state index contributed by atoms with van der Waals surface area (Å²) in [5, 5.41) is 9.82. The molecule has 1 atom stereocenters. The van der Waals surface area contributed by atoms with E-state index in [2.05, 4.69) is 0 Å². The van der Waals surface area contributed by atoms with Crippen molar-refractivity contribution in [1.29, 1.82) is 0 Å². The Morgan fingerprint density at radius 2 is 2.00 bits per heavy atom. The topological polar surface area (TPSA) is 33.4 Å². The molecule has 2 nitrogen and oxygen atoms in total. The number of alkyl halides is 3. The summed E-state index contributed by atoms with van der Waals surface area (Å²) in [5.41, 5.74) is 0.269. The number of furan rings is 1. The zero-order valence-electron chi connectivity index (χ0n) is 9.32. The Morgan fingerprint density at radius 1 is 1.22 bits per heavy atom. The van der Waals surface area contributed by atoms with Gasteiger partial charge in [-0.15, -0.1) is 0 Å². The Labute approximate surface area is 102 Å². The van der Waals surface area contributed by atoms with Crippen molar-refractivity contribution >= 4 is 0 Å². The molecule has 1 unspecified atom stereocenters. The molecular formula is C13H11F3O2. The smallest absolute Gasteiger partial charge is 0.416 e. The highest BCUT2D eigenvalue weighted by molar-refractivity contribution is 5.27. The van der Waals surface area contributed by atoms with Gasteiger partial charge in [0.25, 0.3) is 0 Å². The van der Waals surface area contributed by atoms with E-state index in [1.165, 1.54) is 18.6 Å². The summed E-state index contributed by atoms with van der Waals surface area (Å²) in [4.78, 5) is 0. The van der Waals surface area contributed by atoms with E-state index in [1.54, 1.807) is 12.1 Å². The van der Waals surface area contributed by atoms with E-state index >= 15 is 0 Å². The molecule has 0 bridgehead atoms. The average molecular weight is 256 g/mol. The Balaban J connectivity index is 2.15. The van der Waals surface area contributed by atoms with Crippen molar-refractivity contribution in [1.82, 2.24) is 0 Å². The van der Waals surface area contributed by atoms with E-state index < -0.39 is 17.8 Å². The molecule has 18 heavy (non-hydrogen) atoms. The van der Waals surface area contributed by atoms with Crippen LogP contribution < -0.4 is 0 Å². The molecule has 0 aliphatic heterocycles. The number of hydrogen-bond acceptors (Lipinski definition) is 2. The summed E-state index contributed by atoms with van der Waals surface area (Å²) in [6.07, 6.45) is -2.34. The fraction of sp³-hybridized carbons (Fsp3) is 0.231. The number of halogens is 3. The minimum Gasteiger partial charge on any atom is -0.472 e. The minimum absolute atomic E-state index is 0.115. The van der Waals surface area contributed by atoms with E-state index in [4.69, 9.17) is 4.42 Å². The summed E-state index contributed by atoms with van der Waals surface area (Å²) >= 11 is 0. The predicted molar refractivity (Wildman–Crippen MR) is 58.8 cm³/mol. The van der Waals surface area contributed by atoms with Gasteiger partial charge in [-0.25, -0.2) is 0 Å². The standard InChI is InChI=1S/C13H11F3O2/c14-13(15,16)11-3-1-2-9(6-11)7-12(17)10-4-5-18-8-10/h1-6,8,12,17H,7H2. The van der Waals surface area contributed by atoms with Gasteiger partial charge in [-0.2, -0.15) is 13.2 Å². The van der Waals surface area contributed by atoms with Gasteiger partial charge in [0.15, 0.2) is 0 Å². The highest BCUT2D eigenvalue weighted by Gasteiger charge is 2.30. The average Bonchev–Trinajstić information content (AvgIpc) is 2.81. The lowest BCUT2D eigenvalue weighted by atomic mass is 10.0. The maximum absolute atomic E-state index is 12.5. The van der Waals surface area contributed by atoms with Crippen molar-refractivity contribution in [2.24, 2.45) is 0 Å². The second-order valence-corrected chi connectivity index (χ2v) is 3.97. The minimum atomic E-state index is -4.36. The van der Waals surface area contributed by atoms with Crippen LogP contribution in [-0.4, -0.2) is 5.11 Å². The fourth-order valence-corrected chi connectivity index (χ4v) is 1.68. The van der Waals surface area contributed by atoms with E-state index in [-0.39, 0.29) is 6.42 Å². The Morgan fingerprint density at radius 3 is 2.61 bits per heavy atom. The van der Waals surface area contributed by atoms with Crippen LogP contribution in [0.5, 0.6) is 0 Å². The van der Waals surface area contributed by atoms with Gasteiger partial charge >= 0.3 is 6.18 Å². The predicted octanol–water partition coefficient (Wildman–Crippen LogP) is 3.57. The molecular weight excluding hydrogens is 245 g/mol. The first-order valence-electron chi connectivity index (χ1n) is 5.33. The van der Waals surface area contributed by atoms with Crippen molar-refractivity contribution < 1.29 is 22.7 Å². The van der Waals surface area contributed by atoms with Crippen molar-refractivity contribution in [3.05, 3.63) is 59.5 Å². The lowest BCUT2D eigenvalue weighted by Gasteiger charge is -2.11. The monoisotopic (exact) mass is 256 g/mol. The van der Waals surface area contributed by atoms with Crippen LogP contribution in [0.15, 0.2) is 47.3 Å². The normalized spacial score (nSPS) is 13.6. The number of hydrogen-bond donors (Lipinski definition) is 1. The third kappa shape index (κ3) is 2.92. The number of aliphatic hydroxyl groups excluding tert-OH is 1. The van der Waals surface area contributed by atoms with Crippen LogP contribution in [0.2, 0.25) is 0 Å². The van der Waals surface area contributed by atoms with Gasteiger partial charge < -0.3 is 9.52 Å². The van der Waals surface area contributed by atoms with Crippen LogP contribution in [0.4, 0.5) is 13.2 Å². The van der Waals surface area contributed by atoms with Crippen LogP contribution in [-0.2, 0) is 12.6 Å². The molecule has 1 aromatic heterocycles. The summed E-state index contributed by atoms with van der Waals surface area (Å²) in [6, 6.07) is 6.52. The van der Waals surface area contributed by atoms with E-state index in [9.17, 15) is 18.3 Å². The van der Waals surface area contributed by atoms with Crippen LogP contribution in [0, 0.1) is 0 Å². The maximum atomic E-state index is 12.5. The molecule has 2 rings (SSSR count). The molecule has 0 aliphatic rings. The zero-order chi connectivity index (χ0) is 13.2. The maximum Gasteiger partial charge on any atom is 0.416 e. The lowest BCUT2D eigenvalue weighted by molar-refractivity contribution is -0.137. The second-order valence-electron chi connectivity index (χ2n) is 3.97. The number of benzene rings is 1. The van der Waals surface area contributed by atoms with Gasteiger partial charge in [-0.3, -0.25) is 0 Å². The van der Waals surface area contributed by atoms with Gasteiger partial charge in [0.1, 0.15) is 0 Å². The van der Waals surface area contributed by atoms with Gasteiger partial charge in [-0.1, -0.05) is 18.2 Å². The van der Waals surface area contributed by atoms with Gasteiger partial charge in [-0.05, 0) is 17.7 Å². The SMILES string of the molecule is OC(Cc1cccc(C(F)(F)F)c1)c1ccoc1. The Kier molecular flexibility index (Phi) is 3.43. The van der Waals surface area contributed by atoms with Crippen molar-refractivity contribution in [2.45, 2.75) is 18.7 Å². The van der Waals surface area contributed by atoms with Gasteiger partial charge in [0, 0.05) is 12.0 Å². The molecule has 0 spiro atoms. The number of rotatable bonds is 3. The first kappa shape index (κ1) is 12.7. The van der Waals surface area contributed by atoms with Crippen molar-refractivity contribution in [3.8, 4) is 0 Å². The molecule has 5 heteroatoms. The largest absolute Gasteiger partial charge is 0.472 e. The molecule has 2 aromatic rings. The zero-order valence-corrected chi connectivity index (χ0v) is 9.32. The van der Waals surface area contributed by atoms with E-state index in [0.29, 0.717) is 11.1 Å². The van der Waals surface area contributed by atoms with Gasteiger partial charge in [0.2, 0.25) is 0 Å². The number of aliphatic hydroxyl groups is 1. The second kappa shape index (κ2) is 4.86. The molecule has 96 valence electrons.